The highest BCUT2D eigenvalue weighted by Gasteiger charge is 2.16. The Morgan fingerprint density at radius 1 is 1.00 bits per heavy atom. The highest BCUT2D eigenvalue weighted by Crippen LogP contribution is 2.37. The van der Waals surface area contributed by atoms with Crippen LogP contribution in [0.2, 0.25) is 0 Å². The van der Waals surface area contributed by atoms with Gasteiger partial charge in [0.2, 0.25) is 0 Å². The first-order valence-electron chi connectivity index (χ1n) is 8.23. The normalized spacial score (nSPS) is 12.0. The molecule has 0 aliphatic carbocycles. The van der Waals surface area contributed by atoms with Gasteiger partial charge in [-0.15, -0.1) is 11.3 Å². The summed E-state index contributed by atoms with van der Waals surface area (Å²) in [5.41, 5.74) is 2.33. The van der Waals surface area contributed by atoms with Crippen molar-refractivity contribution < 1.29 is 0 Å². The van der Waals surface area contributed by atoms with Crippen LogP contribution in [0.4, 0.5) is 0 Å². The maximum atomic E-state index is 9.59. The third-order valence-corrected chi connectivity index (χ3v) is 6.21. The van der Waals surface area contributed by atoms with Crippen LogP contribution in [0.25, 0.3) is 20.7 Å². The summed E-state index contributed by atoms with van der Waals surface area (Å²) in [6, 6.07) is 24.9. The van der Waals surface area contributed by atoms with E-state index in [2.05, 4.69) is 46.4 Å². The zero-order valence-electron chi connectivity index (χ0n) is 13.9. The molecule has 0 bridgehead atoms. The van der Waals surface area contributed by atoms with Gasteiger partial charge in [0.05, 0.1) is 6.07 Å². The summed E-state index contributed by atoms with van der Waals surface area (Å²) >= 11 is 3.17. The van der Waals surface area contributed by atoms with E-state index in [4.69, 9.17) is 0 Å². The Kier molecular flexibility index (Phi) is 4.96. The molecule has 4 rings (SSSR count). The Morgan fingerprint density at radius 2 is 1.73 bits per heavy atom. The van der Waals surface area contributed by atoms with Gasteiger partial charge in [-0.2, -0.15) is 5.26 Å². The molecule has 0 saturated heterocycles. The van der Waals surface area contributed by atoms with E-state index in [-0.39, 0.29) is 5.25 Å². The largest absolute Gasteiger partial charge is 0.229 e. The average Bonchev–Trinajstić information content (AvgIpc) is 3.14. The van der Waals surface area contributed by atoms with Gasteiger partial charge < -0.3 is 0 Å². The molecule has 26 heavy (non-hydrogen) atoms. The SMILES string of the molecule is N#C[C@H](Cc1ccccc1)Sc1ncnc2sc(-c3ccccc3)cc12. The molecule has 0 aliphatic rings. The fourth-order valence-corrected chi connectivity index (χ4v) is 4.81. The third-order valence-electron chi connectivity index (χ3n) is 4.01. The number of nitrogens with zero attached hydrogens (tertiary/aromatic N) is 3. The maximum Gasteiger partial charge on any atom is 0.128 e. The fourth-order valence-electron chi connectivity index (χ4n) is 2.75. The monoisotopic (exact) mass is 373 g/mol. The summed E-state index contributed by atoms with van der Waals surface area (Å²) in [5, 5.41) is 11.3. The highest BCUT2D eigenvalue weighted by atomic mass is 32.2. The molecule has 0 aliphatic heterocycles. The Balaban J connectivity index is 1.64. The molecule has 0 unspecified atom stereocenters. The Bertz CT molecular complexity index is 1050. The molecule has 2 aromatic carbocycles. The predicted molar refractivity (Wildman–Crippen MR) is 108 cm³/mol. The summed E-state index contributed by atoms with van der Waals surface area (Å²) in [4.78, 5) is 11.0. The van der Waals surface area contributed by atoms with Crippen molar-refractivity contribution >= 4 is 33.3 Å². The zero-order chi connectivity index (χ0) is 17.8. The highest BCUT2D eigenvalue weighted by molar-refractivity contribution is 8.00. The number of thioether (sulfide) groups is 1. The molecule has 126 valence electrons. The second-order valence-electron chi connectivity index (χ2n) is 5.80. The van der Waals surface area contributed by atoms with Gasteiger partial charge in [0, 0.05) is 10.3 Å². The second kappa shape index (κ2) is 7.69. The van der Waals surface area contributed by atoms with Crippen LogP contribution in [0.1, 0.15) is 5.56 Å². The minimum atomic E-state index is -0.185. The van der Waals surface area contributed by atoms with Gasteiger partial charge >= 0.3 is 0 Å². The van der Waals surface area contributed by atoms with Crippen molar-refractivity contribution in [1.29, 1.82) is 5.26 Å². The van der Waals surface area contributed by atoms with Crippen LogP contribution in [0.5, 0.6) is 0 Å². The van der Waals surface area contributed by atoms with Crippen LogP contribution < -0.4 is 0 Å². The van der Waals surface area contributed by atoms with Gasteiger partial charge in [0.25, 0.3) is 0 Å². The van der Waals surface area contributed by atoms with Gasteiger partial charge in [0.15, 0.2) is 0 Å². The number of fused-ring (bicyclic) bond motifs is 1. The van der Waals surface area contributed by atoms with Gasteiger partial charge in [-0.05, 0) is 23.6 Å². The van der Waals surface area contributed by atoms with Crippen molar-refractivity contribution in [2.75, 3.05) is 0 Å². The number of nitriles is 1. The van der Waals surface area contributed by atoms with Crippen LogP contribution in [0.15, 0.2) is 78.1 Å². The molecule has 0 amide bonds. The van der Waals surface area contributed by atoms with E-state index in [1.54, 1.807) is 17.7 Å². The van der Waals surface area contributed by atoms with E-state index < -0.39 is 0 Å². The number of benzene rings is 2. The molecule has 0 fully saturated rings. The molecule has 2 aromatic heterocycles. The topological polar surface area (TPSA) is 49.6 Å². The summed E-state index contributed by atoms with van der Waals surface area (Å²) in [7, 11) is 0. The lowest BCUT2D eigenvalue weighted by molar-refractivity contribution is 1.02. The van der Waals surface area contributed by atoms with E-state index in [1.165, 1.54) is 22.2 Å². The molecule has 0 radical (unpaired) electrons. The van der Waals surface area contributed by atoms with Crippen LogP contribution in [0.3, 0.4) is 0 Å². The standard InChI is InChI=1S/C21H15N3S2/c22-13-17(11-15-7-3-1-4-8-15)25-20-18-12-19(16-9-5-2-6-10-16)26-21(18)24-14-23-20/h1-10,12,14,17H,11H2/t17-/m0/s1. The lowest BCUT2D eigenvalue weighted by atomic mass is 10.1. The number of thiophene rings is 1. The van der Waals surface area contributed by atoms with Crippen molar-refractivity contribution in [2.45, 2.75) is 16.7 Å². The molecule has 0 spiro atoms. The molecule has 3 nitrogen and oxygen atoms in total. The number of aromatic nitrogens is 2. The van der Waals surface area contributed by atoms with Crippen LogP contribution in [0, 0.1) is 11.3 Å². The molecule has 1 atom stereocenters. The number of hydrogen-bond donors (Lipinski definition) is 0. The second-order valence-corrected chi connectivity index (χ2v) is 8.02. The van der Waals surface area contributed by atoms with E-state index in [9.17, 15) is 5.26 Å². The molecule has 0 N–H and O–H groups in total. The molecule has 0 saturated carbocycles. The minimum absolute atomic E-state index is 0.185. The van der Waals surface area contributed by atoms with E-state index in [0.717, 1.165) is 20.8 Å². The number of rotatable bonds is 5. The van der Waals surface area contributed by atoms with Gasteiger partial charge in [-0.1, -0.05) is 72.4 Å². The van der Waals surface area contributed by atoms with Crippen molar-refractivity contribution in [2.24, 2.45) is 0 Å². The van der Waals surface area contributed by atoms with E-state index >= 15 is 0 Å². The summed E-state index contributed by atoms with van der Waals surface area (Å²) in [6.07, 6.45) is 2.29. The molecule has 4 aromatic rings. The Hall–Kier alpha value is -2.68. The summed E-state index contributed by atoms with van der Waals surface area (Å²) in [5.74, 6) is 0. The number of hydrogen-bond acceptors (Lipinski definition) is 5. The third kappa shape index (κ3) is 3.62. The Labute approximate surface area is 160 Å². The van der Waals surface area contributed by atoms with Crippen molar-refractivity contribution in [3.8, 4) is 16.5 Å². The molecular formula is C21H15N3S2. The zero-order valence-corrected chi connectivity index (χ0v) is 15.5. The van der Waals surface area contributed by atoms with Gasteiger partial charge in [-0.25, -0.2) is 9.97 Å². The quantitative estimate of drug-likeness (QED) is 0.338. The fraction of sp³-hybridized carbons (Fsp3) is 0.0952. The van der Waals surface area contributed by atoms with Crippen molar-refractivity contribution in [3.63, 3.8) is 0 Å². The van der Waals surface area contributed by atoms with Crippen LogP contribution >= 0.6 is 23.1 Å². The first-order chi connectivity index (χ1) is 12.8. The van der Waals surface area contributed by atoms with Crippen molar-refractivity contribution in [3.05, 3.63) is 78.6 Å². The van der Waals surface area contributed by atoms with Gasteiger partial charge in [-0.3, -0.25) is 0 Å². The van der Waals surface area contributed by atoms with E-state index in [0.29, 0.717) is 6.42 Å². The van der Waals surface area contributed by atoms with Crippen molar-refractivity contribution in [1.82, 2.24) is 9.97 Å². The molecular weight excluding hydrogens is 358 g/mol. The smallest absolute Gasteiger partial charge is 0.128 e. The predicted octanol–water partition coefficient (Wildman–Crippen LogP) is 5.59. The summed E-state index contributed by atoms with van der Waals surface area (Å²) in [6.45, 7) is 0. The molecule has 5 heteroatoms. The van der Waals surface area contributed by atoms with Crippen LogP contribution in [-0.4, -0.2) is 15.2 Å². The first-order valence-corrected chi connectivity index (χ1v) is 9.93. The maximum absolute atomic E-state index is 9.59. The van der Waals surface area contributed by atoms with E-state index in [1.807, 2.05) is 36.4 Å². The lowest BCUT2D eigenvalue weighted by Gasteiger charge is -2.08. The first kappa shape index (κ1) is 16.8. The lowest BCUT2D eigenvalue weighted by Crippen LogP contribution is -2.04. The molecule has 2 heterocycles. The minimum Gasteiger partial charge on any atom is -0.229 e. The average molecular weight is 374 g/mol. The Morgan fingerprint density at radius 3 is 2.46 bits per heavy atom. The van der Waals surface area contributed by atoms with Crippen LogP contribution in [-0.2, 0) is 6.42 Å². The summed E-state index contributed by atoms with van der Waals surface area (Å²) < 4.78 is 0. The van der Waals surface area contributed by atoms with Gasteiger partial charge in [0.1, 0.15) is 21.4 Å².